The molecule has 0 saturated carbocycles. The number of aliphatic carboxylic acids is 1. The van der Waals surface area contributed by atoms with Crippen LogP contribution in [0, 0.1) is 6.92 Å². The summed E-state index contributed by atoms with van der Waals surface area (Å²) in [4.78, 5) is 27.1. The van der Waals surface area contributed by atoms with Gasteiger partial charge in [0.05, 0.1) is 12.5 Å². The van der Waals surface area contributed by atoms with Crippen molar-refractivity contribution in [1.82, 2.24) is 10.3 Å². The van der Waals surface area contributed by atoms with Crippen molar-refractivity contribution in [2.75, 3.05) is 0 Å². The number of thiazole rings is 1. The van der Waals surface area contributed by atoms with Crippen molar-refractivity contribution in [3.8, 4) is 0 Å². The van der Waals surface area contributed by atoms with E-state index in [1.54, 1.807) is 5.38 Å². The van der Waals surface area contributed by atoms with Crippen LogP contribution in [0.25, 0.3) is 0 Å². The van der Waals surface area contributed by atoms with E-state index in [9.17, 15) is 9.59 Å². The van der Waals surface area contributed by atoms with Crippen LogP contribution in [0.4, 0.5) is 0 Å². The zero-order chi connectivity index (χ0) is 15.4. The van der Waals surface area contributed by atoms with Crippen molar-refractivity contribution in [1.29, 1.82) is 0 Å². The first-order chi connectivity index (χ1) is 9.95. The van der Waals surface area contributed by atoms with Crippen LogP contribution in [-0.2, 0) is 4.79 Å². The number of carboxylic acids is 1. The molecule has 0 aliphatic carbocycles. The number of carbonyl (C=O) groups is 2. The predicted molar refractivity (Wildman–Crippen MR) is 83.5 cm³/mol. The van der Waals surface area contributed by atoms with Crippen LogP contribution in [0.3, 0.4) is 0 Å². The average Bonchev–Trinajstić information content (AvgIpc) is 2.85. The highest BCUT2D eigenvalue weighted by atomic mass is 79.9. The fourth-order valence-electron chi connectivity index (χ4n) is 1.81. The third kappa shape index (κ3) is 4.37. The number of aryl methyl sites for hydroxylation is 1. The van der Waals surface area contributed by atoms with Crippen LogP contribution in [0.15, 0.2) is 33.6 Å². The molecule has 0 fully saturated rings. The van der Waals surface area contributed by atoms with Crippen molar-refractivity contribution >= 4 is 39.1 Å². The van der Waals surface area contributed by atoms with Gasteiger partial charge in [-0.15, -0.1) is 11.3 Å². The minimum Gasteiger partial charge on any atom is -0.481 e. The average molecular weight is 369 g/mol. The number of carbonyl (C=O) groups excluding carboxylic acids is 1. The van der Waals surface area contributed by atoms with E-state index < -0.39 is 12.0 Å². The first kappa shape index (κ1) is 15.7. The van der Waals surface area contributed by atoms with Crippen LogP contribution in [0.1, 0.15) is 34.1 Å². The summed E-state index contributed by atoms with van der Waals surface area (Å²) in [6.45, 7) is 1.95. The van der Waals surface area contributed by atoms with Crippen molar-refractivity contribution in [3.05, 3.63) is 50.4 Å². The maximum atomic E-state index is 12.1. The highest BCUT2D eigenvalue weighted by Gasteiger charge is 2.20. The van der Waals surface area contributed by atoms with E-state index in [2.05, 4.69) is 26.2 Å². The Morgan fingerprint density at radius 1 is 1.38 bits per heavy atom. The quantitative estimate of drug-likeness (QED) is 0.849. The minimum atomic E-state index is -0.972. The van der Waals surface area contributed by atoms with Crippen LogP contribution in [0.5, 0.6) is 0 Å². The number of benzene rings is 1. The molecule has 2 rings (SSSR count). The lowest BCUT2D eigenvalue weighted by molar-refractivity contribution is -0.137. The van der Waals surface area contributed by atoms with Gasteiger partial charge in [-0.25, -0.2) is 4.98 Å². The first-order valence-corrected chi connectivity index (χ1v) is 7.83. The highest BCUT2D eigenvalue weighted by molar-refractivity contribution is 9.11. The summed E-state index contributed by atoms with van der Waals surface area (Å²) in [5.74, 6) is -1.36. The lowest BCUT2D eigenvalue weighted by Gasteiger charge is -2.17. The minimum absolute atomic E-state index is 0.180. The second kappa shape index (κ2) is 6.82. The molecule has 1 aromatic carbocycles. The predicted octanol–water partition coefficient (Wildman–Crippen LogP) is 3.16. The number of rotatable bonds is 5. The molecule has 2 aromatic rings. The zero-order valence-electron chi connectivity index (χ0n) is 11.2. The fraction of sp³-hybridized carbons (Fsp3) is 0.214. The lowest BCUT2D eigenvalue weighted by Crippen LogP contribution is -2.30. The van der Waals surface area contributed by atoms with Crippen molar-refractivity contribution in [3.63, 3.8) is 0 Å². The van der Waals surface area contributed by atoms with Gasteiger partial charge in [0.2, 0.25) is 0 Å². The second-order valence-electron chi connectivity index (χ2n) is 4.52. The summed E-state index contributed by atoms with van der Waals surface area (Å²) in [6.07, 6.45) is -0.180. The molecule has 0 aliphatic rings. The Hall–Kier alpha value is -1.73. The molecule has 110 valence electrons. The molecular formula is C14H13BrN2O3S. The SMILES string of the molecule is Cc1ccc(C(CC(=O)O)NC(=O)c2csc(Br)n2)cc1. The third-order valence-electron chi connectivity index (χ3n) is 2.87. The number of amides is 1. The number of carboxylic acid groups (broad SMARTS) is 1. The van der Waals surface area contributed by atoms with E-state index in [1.165, 1.54) is 11.3 Å². The largest absolute Gasteiger partial charge is 0.481 e. The molecule has 1 unspecified atom stereocenters. The molecule has 0 bridgehead atoms. The Kier molecular flexibility index (Phi) is 5.08. The maximum Gasteiger partial charge on any atom is 0.305 e. The molecule has 1 aromatic heterocycles. The number of nitrogens with one attached hydrogen (secondary N) is 1. The number of aromatic nitrogens is 1. The van der Waals surface area contributed by atoms with Crippen molar-refractivity contribution < 1.29 is 14.7 Å². The standard InChI is InChI=1S/C14H13BrN2O3S/c1-8-2-4-9(5-3-8)10(6-12(18)19)16-13(20)11-7-21-14(15)17-11/h2-5,7,10H,6H2,1H3,(H,16,20)(H,18,19). The van der Waals surface area contributed by atoms with Crippen LogP contribution < -0.4 is 5.32 Å². The summed E-state index contributed by atoms with van der Waals surface area (Å²) in [5.41, 5.74) is 2.10. The van der Waals surface area contributed by atoms with E-state index in [1.807, 2.05) is 31.2 Å². The van der Waals surface area contributed by atoms with E-state index >= 15 is 0 Å². The van der Waals surface area contributed by atoms with Gasteiger partial charge in [-0.2, -0.15) is 0 Å². The number of nitrogens with zero attached hydrogens (tertiary/aromatic N) is 1. The number of hydrogen-bond acceptors (Lipinski definition) is 4. The Balaban J connectivity index is 2.18. The summed E-state index contributed by atoms with van der Waals surface area (Å²) >= 11 is 4.49. The van der Waals surface area contributed by atoms with Crippen LogP contribution >= 0.6 is 27.3 Å². The van der Waals surface area contributed by atoms with Gasteiger partial charge in [-0.05, 0) is 28.4 Å². The van der Waals surface area contributed by atoms with E-state index in [4.69, 9.17) is 5.11 Å². The van der Waals surface area contributed by atoms with Gasteiger partial charge in [-0.3, -0.25) is 9.59 Å². The lowest BCUT2D eigenvalue weighted by atomic mass is 10.0. The van der Waals surface area contributed by atoms with E-state index in [-0.39, 0.29) is 18.0 Å². The topological polar surface area (TPSA) is 79.3 Å². The van der Waals surface area contributed by atoms with Gasteiger partial charge < -0.3 is 10.4 Å². The molecular weight excluding hydrogens is 356 g/mol. The second-order valence-corrected chi connectivity index (χ2v) is 6.65. The summed E-state index contributed by atoms with van der Waals surface area (Å²) < 4.78 is 0.609. The fourth-order valence-corrected chi connectivity index (χ4v) is 2.80. The molecule has 0 radical (unpaired) electrons. The van der Waals surface area contributed by atoms with Gasteiger partial charge in [0, 0.05) is 5.38 Å². The van der Waals surface area contributed by atoms with Crippen LogP contribution in [-0.4, -0.2) is 22.0 Å². The molecule has 1 amide bonds. The van der Waals surface area contributed by atoms with E-state index in [0.29, 0.717) is 3.92 Å². The summed E-state index contributed by atoms with van der Waals surface area (Å²) in [7, 11) is 0. The highest BCUT2D eigenvalue weighted by Crippen LogP contribution is 2.20. The van der Waals surface area contributed by atoms with Crippen molar-refractivity contribution in [2.45, 2.75) is 19.4 Å². The molecule has 2 N–H and O–H groups in total. The summed E-state index contributed by atoms with van der Waals surface area (Å²) in [6, 6.07) is 6.82. The van der Waals surface area contributed by atoms with Crippen LogP contribution in [0.2, 0.25) is 0 Å². The molecule has 21 heavy (non-hydrogen) atoms. The van der Waals surface area contributed by atoms with Crippen molar-refractivity contribution in [2.24, 2.45) is 0 Å². The zero-order valence-corrected chi connectivity index (χ0v) is 13.6. The molecule has 1 heterocycles. The Morgan fingerprint density at radius 2 is 2.05 bits per heavy atom. The molecule has 1 atom stereocenters. The van der Waals surface area contributed by atoms with Gasteiger partial charge in [0.25, 0.3) is 5.91 Å². The van der Waals surface area contributed by atoms with E-state index in [0.717, 1.165) is 11.1 Å². The van der Waals surface area contributed by atoms with Gasteiger partial charge in [0.1, 0.15) is 5.69 Å². The molecule has 0 aliphatic heterocycles. The third-order valence-corrected chi connectivity index (χ3v) is 4.24. The smallest absolute Gasteiger partial charge is 0.305 e. The summed E-state index contributed by atoms with van der Waals surface area (Å²) in [5, 5.41) is 13.3. The molecule has 0 spiro atoms. The van der Waals surface area contributed by atoms with Gasteiger partial charge in [0.15, 0.2) is 3.92 Å². The normalized spacial score (nSPS) is 11.9. The molecule has 0 saturated heterocycles. The first-order valence-electron chi connectivity index (χ1n) is 6.16. The monoisotopic (exact) mass is 368 g/mol. The van der Waals surface area contributed by atoms with Gasteiger partial charge >= 0.3 is 5.97 Å². The maximum absolute atomic E-state index is 12.1. The Bertz CT molecular complexity index is 654. The number of halogens is 1. The Labute approximate surface area is 134 Å². The Morgan fingerprint density at radius 3 is 2.57 bits per heavy atom. The van der Waals surface area contributed by atoms with Gasteiger partial charge in [-0.1, -0.05) is 29.8 Å². The molecule has 7 heteroatoms. The molecule has 5 nitrogen and oxygen atoms in total. The number of hydrogen-bond donors (Lipinski definition) is 2.